The van der Waals surface area contributed by atoms with Crippen LogP contribution in [0, 0.1) is 0 Å². The molecule has 0 aromatic heterocycles. The Kier molecular flexibility index (Phi) is 5.52. The Morgan fingerprint density at radius 2 is 1.82 bits per heavy atom. The van der Waals surface area contributed by atoms with Crippen LogP contribution in [0.25, 0.3) is 6.08 Å². The molecule has 0 fully saturated rings. The van der Waals surface area contributed by atoms with Crippen LogP contribution in [0.4, 0.5) is 5.69 Å². The topological polar surface area (TPSA) is 61.4 Å². The lowest BCUT2D eigenvalue weighted by Gasteiger charge is -2.08. The first-order valence-electron chi connectivity index (χ1n) is 6.38. The molecule has 3 N–H and O–H groups in total. The van der Waals surface area contributed by atoms with Crippen molar-refractivity contribution in [2.45, 2.75) is 0 Å². The SMILES string of the molecule is O=C(C=Cc1ccccc1Cl)NC(=S)Nc1ccc(O)cc1. The summed E-state index contributed by atoms with van der Waals surface area (Å²) in [7, 11) is 0. The predicted octanol–water partition coefficient (Wildman–Crippen LogP) is 3.57. The molecular weight excluding hydrogens is 320 g/mol. The lowest BCUT2D eigenvalue weighted by molar-refractivity contribution is -0.115. The Balaban J connectivity index is 1.90. The zero-order chi connectivity index (χ0) is 15.9. The number of thiocarbonyl (C=S) groups is 1. The summed E-state index contributed by atoms with van der Waals surface area (Å²) < 4.78 is 0. The molecule has 0 saturated carbocycles. The van der Waals surface area contributed by atoms with Gasteiger partial charge in [0.05, 0.1) is 0 Å². The van der Waals surface area contributed by atoms with Crippen molar-refractivity contribution in [2.75, 3.05) is 5.32 Å². The van der Waals surface area contributed by atoms with E-state index in [-0.39, 0.29) is 16.8 Å². The van der Waals surface area contributed by atoms with Crippen molar-refractivity contribution in [1.82, 2.24) is 5.32 Å². The van der Waals surface area contributed by atoms with Crippen LogP contribution in [-0.4, -0.2) is 16.1 Å². The molecule has 0 aliphatic heterocycles. The molecule has 2 rings (SSSR count). The molecule has 0 saturated heterocycles. The fourth-order valence-corrected chi connectivity index (χ4v) is 2.05. The summed E-state index contributed by atoms with van der Waals surface area (Å²) in [5.74, 6) is -0.209. The van der Waals surface area contributed by atoms with Gasteiger partial charge in [-0.1, -0.05) is 29.8 Å². The van der Waals surface area contributed by atoms with Crippen molar-refractivity contribution >= 4 is 46.6 Å². The monoisotopic (exact) mass is 332 g/mol. The fraction of sp³-hybridized carbons (Fsp3) is 0. The van der Waals surface area contributed by atoms with Crippen LogP contribution in [0.15, 0.2) is 54.6 Å². The van der Waals surface area contributed by atoms with Crippen molar-refractivity contribution in [3.05, 3.63) is 65.2 Å². The molecule has 1 amide bonds. The first kappa shape index (κ1) is 16.0. The van der Waals surface area contributed by atoms with Crippen molar-refractivity contribution in [1.29, 1.82) is 0 Å². The van der Waals surface area contributed by atoms with Gasteiger partial charge < -0.3 is 10.4 Å². The second kappa shape index (κ2) is 7.59. The summed E-state index contributed by atoms with van der Waals surface area (Å²) >= 11 is 11.0. The number of phenols is 1. The van der Waals surface area contributed by atoms with E-state index >= 15 is 0 Å². The maximum Gasteiger partial charge on any atom is 0.250 e. The van der Waals surface area contributed by atoms with E-state index in [2.05, 4.69) is 10.6 Å². The fourth-order valence-electron chi connectivity index (χ4n) is 1.64. The quantitative estimate of drug-likeness (QED) is 0.457. The highest BCUT2D eigenvalue weighted by Gasteiger charge is 2.02. The lowest BCUT2D eigenvalue weighted by atomic mass is 10.2. The minimum Gasteiger partial charge on any atom is -0.508 e. The summed E-state index contributed by atoms with van der Waals surface area (Å²) in [6, 6.07) is 13.5. The number of benzene rings is 2. The second-order valence-electron chi connectivity index (χ2n) is 4.35. The van der Waals surface area contributed by atoms with E-state index in [1.807, 2.05) is 12.1 Å². The highest BCUT2D eigenvalue weighted by Crippen LogP contribution is 2.16. The molecule has 2 aromatic carbocycles. The van der Waals surface area contributed by atoms with Gasteiger partial charge in [0.15, 0.2) is 5.11 Å². The largest absolute Gasteiger partial charge is 0.508 e. The van der Waals surface area contributed by atoms with Crippen molar-refractivity contribution in [3.8, 4) is 5.75 Å². The van der Waals surface area contributed by atoms with E-state index in [1.165, 1.54) is 18.2 Å². The number of amides is 1. The molecule has 0 heterocycles. The molecule has 0 spiro atoms. The van der Waals surface area contributed by atoms with Gasteiger partial charge in [-0.3, -0.25) is 10.1 Å². The van der Waals surface area contributed by atoms with Gasteiger partial charge in [-0.15, -0.1) is 0 Å². The highest BCUT2D eigenvalue weighted by atomic mass is 35.5. The predicted molar refractivity (Wildman–Crippen MR) is 93.0 cm³/mol. The van der Waals surface area contributed by atoms with Gasteiger partial charge in [0.1, 0.15) is 5.75 Å². The molecule has 112 valence electrons. The first-order valence-corrected chi connectivity index (χ1v) is 7.17. The molecule has 0 radical (unpaired) electrons. The third kappa shape index (κ3) is 4.87. The number of hydrogen-bond donors (Lipinski definition) is 3. The minimum absolute atomic E-state index is 0.156. The number of rotatable bonds is 3. The van der Waals surface area contributed by atoms with Crippen molar-refractivity contribution in [2.24, 2.45) is 0 Å². The standard InChI is InChI=1S/C16H13ClN2O2S/c17-14-4-2-1-3-11(14)5-10-15(21)19-16(22)18-12-6-8-13(20)9-7-12/h1-10,20H,(H2,18,19,21,22). The number of nitrogens with one attached hydrogen (secondary N) is 2. The van der Waals surface area contributed by atoms with Crippen LogP contribution in [0.5, 0.6) is 5.75 Å². The number of hydrogen-bond acceptors (Lipinski definition) is 3. The number of carbonyl (C=O) groups excluding carboxylic acids is 1. The Labute approximate surface area is 138 Å². The molecule has 4 nitrogen and oxygen atoms in total. The van der Waals surface area contributed by atoms with Crippen LogP contribution in [0.1, 0.15) is 5.56 Å². The number of aromatic hydroxyl groups is 1. The van der Waals surface area contributed by atoms with Gasteiger partial charge in [-0.2, -0.15) is 0 Å². The molecule has 6 heteroatoms. The molecule has 22 heavy (non-hydrogen) atoms. The van der Waals surface area contributed by atoms with Crippen LogP contribution < -0.4 is 10.6 Å². The minimum atomic E-state index is -0.365. The molecule has 0 bridgehead atoms. The van der Waals surface area contributed by atoms with E-state index in [1.54, 1.807) is 30.3 Å². The van der Waals surface area contributed by atoms with Crippen LogP contribution in [0.2, 0.25) is 5.02 Å². The van der Waals surface area contributed by atoms with E-state index in [0.29, 0.717) is 10.7 Å². The van der Waals surface area contributed by atoms with Gasteiger partial charge in [0.25, 0.3) is 0 Å². The number of phenolic OH excluding ortho intramolecular Hbond substituents is 1. The summed E-state index contributed by atoms with van der Waals surface area (Å²) in [6.07, 6.45) is 2.97. The molecule has 2 aromatic rings. The average Bonchev–Trinajstić information content (AvgIpc) is 2.49. The van der Waals surface area contributed by atoms with Gasteiger partial charge in [0, 0.05) is 16.8 Å². The Bertz CT molecular complexity index is 714. The number of carbonyl (C=O) groups is 1. The Hall–Kier alpha value is -2.37. The molecule has 0 unspecified atom stereocenters. The zero-order valence-corrected chi connectivity index (χ0v) is 13.0. The summed E-state index contributed by atoms with van der Waals surface area (Å²) in [6.45, 7) is 0. The number of anilines is 1. The molecule has 0 aliphatic carbocycles. The molecule has 0 aliphatic rings. The molecule has 0 atom stereocenters. The second-order valence-corrected chi connectivity index (χ2v) is 5.16. The maximum atomic E-state index is 11.8. The summed E-state index contributed by atoms with van der Waals surface area (Å²) in [4.78, 5) is 11.8. The highest BCUT2D eigenvalue weighted by molar-refractivity contribution is 7.80. The Morgan fingerprint density at radius 1 is 1.14 bits per heavy atom. The van der Waals surface area contributed by atoms with E-state index in [9.17, 15) is 9.90 Å². The van der Waals surface area contributed by atoms with Gasteiger partial charge in [0.2, 0.25) is 5.91 Å². The smallest absolute Gasteiger partial charge is 0.250 e. The maximum absolute atomic E-state index is 11.8. The normalized spacial score (nSPS) is 10.4. The number of halogens is 1. The lowest BCUT2D eigenvalue weighted by Crippen LogP contribution is -2.32. The first-order chi connectivity index (χ1) is 10.5. The van der Waals surface area contributed by atoms with Gasteiger partial charge >= 0.3 is 0 Å². The van der Waals surface area contributed by atoms with Crippen LogP contribution in [0.3, 0.4) is 0 Å². The zero-order valence-electron chi connectivity index (χ0n) is 11.4. The van der Waals surface area contributed by atoms with Crippen molar-refractivity contribution in [3.63, 3.8) is 0 Å². The Morgan fingerprint density at radius 3 is 2.50 bits per heavy atom. The summed E-state index contributed by atoms with van der Waals surface area (Å²) in [5, 5.41) is 15.3. The summed E-state index contributed by atoms with van der Waals surface area (Å²) in [5.41, 5.74) is 1.41. The van der Waals surface area contributed by atoms with E-state index in [4.69, 9.17) is 23.8 Å². The van der Waals surface area contributed by atoms with Crippen molar-refractivity contribution < 1.29 is 9.90 Å². The van der Waals surface area contributed by atoms with Crippen LogP contribution in [-0.2, 0) is 4.79 Å². The third-order valence-electron chi connectivity index (χ3n) is 2.68. The molecular formula is C16H13ClN2O2S. The van der Waals surface area contributed by atoms with Gasteiger partial charge in [-0.05, 0) is 54.2 Å². The van der Waals surface area contributed by atoms with E-state index < -0.39 is 0 Å². The average molecular weight is 333 g/mol. The van der Waals surface area contributed by atoms with Gasteiger partial charge in [-0.25, -0.2) is 0 Å². The van der Waals surface area contributed by atoms with E-state index in [0.717, 1.165) is 5.56 Å². The van der Waals surface area contributed by atoms with Crippen LogP contribution >= 0.6 is 23.8 Å². The third-order valence-corrected chi connectivity index (χ3v) is 3.23.